The summed E-state index contributed by atoms with van der Waals surface area (Å²) < 4.78 is 10.2. The fourth-order valence-electron chi connectivity index (χ4n) is 0.952. The molecule has 0 rings (SSSR count). The Hall–Kier alpha value is -0.390. The highest BCUT2D eigenvalue weighted by Crippen LogP contribution is 1.83. The van der Waals surface area contributed by atoms with Crippen molar-refractivity contribution in [3.8, 4) is 0 Å². The lowest BCUT2D eigenvalue weighted by molar-refractivity contribution is 0.133. The van der Waals surface area contributed by atoms with Gasteiger partial charge in [0.25, 0.3) is 0 Å². The van der Waals surface area contributed by atoms with Crippen LogP contribution in [0.3, 0.4) is 0 Å². The Kier molecular flexibility index (Phi) is 11.4. The van der Waals surface area contributed by atoms with Gasteiger partial charge in [0.2, 0.25) is 0 Å². The van der Waals surface area contributed by atoms with E-state index in [0.29, 0.717) is 11.7 Å². The van der Waals surface area contributed by atoms with Crippen LogP contribution in [0.1, 0.15) is 19.8 Å². The largest absolute Gasteiger partial charge is 0.383 e. The molecule has 0 bridgehead atoms. The van der Waals surface area contributed by atoms with Crippen LogP contribution in [0.4, 0.5) is 0 Å². The summed E-state index contributed by atoms with van der Waals surface area (Å²) in [6.07, 6.45) is 2.05. The van der Waals surface area contributed by atoms with Crippen molar-refractivity contribution in [2.24, 2.45) is 0 Å². The molecule has 0 radical (unpaired) electrons. The van der Waals surface area contributed by atoms with E-state index in [4.69, 9.17) is 21.7 Å². The highest BCUT2D eigenvalue weighted by Gasteiger charge is 1.93. The van der Waals surface area contributed by atoms with Gasteiger partial charge in [-0.3, -0.25) is 0 Å². The lowest BCUT2D eigenvalue weighted by Crippen LogP contribution is -2.37. The van der Waals surface area contributed by atoms with Gasteiger partial charge in [-0.1, -0.05) is 6.92 Å². The first-order chi connectivity index (χ1) is 7.31. The maximum Gasteiger partial charge on any atom is 0.166 e. The molecule has 2 N–H and O–H groups in total. The number of ether oxygens (including phenoxy) is 2. The minimum absolute atomic E-state index is 0.668. The minimum Gasteiger partial charge on any atom is -0.383 e. The summed E-state index contributed by atoms with van der Waals surface area (Å²) in [4.78, 5) is 0. The highest BCUT2D eigenvalue weighted by atomic mass is 32.1. The van der Waals surface area contributed by atoms with Crippen LogP contribution in [0, 0.1) is 0 Å². The molecule has 0 aromatic heterocycles. The van der Waals surface area contributed by atoms with Crippen molar-refractivity contribution in [3.63, 3.8) is 0 Å². The first kappa shape index (κ1) is 14.6. The predicted octanol–water partition coefficient (Wildman–Crippen LogP) is 0.914. The lowest BCUT2D eigenvalue weighted by atomic mass is 10.4. The third-order valence-corrected chi connectivity index (χ3v) is 1.98. The van der Waals surface area contributed by atoms with Gasteiger partial charge in [0.15, 0.2) is 5.11 Å². The second-order valence-corrected chi connectivity index (χ2v) is 3.55. The zero-order valence-corrected chi connectivity index (χ0v) is 10.5. The van der Waals surface area contributed by atoms with Gasteiger partial charge < -0.3 is 20.1 Å². The molecule has 0 aliphatic heterocycles. The SMILES string of the molecule is CCCOCCCNC(=S)NCCOC. The van der Waals surface area contributed by atoms with E-state index in [2.05, 4.69) is 17.6 Å². The van der Waals surface area contributed by atoms with Gasteiger partial charge in [-0.05, 0) is 25.1 Å². The fourth-order valence-corrected chi connectivity index (χ4v) is 1.16. The molecule has 15 heavy (non-hydrogen) atoms. The third kappa shape index (κ3) is 11.5. The molecule has 0 saturated heterocycles. The molecule has 0 aliphatic rings. The standard InChI is InChI=1S/C10H22N2O2S/c1-3-7-14-8-4-5-11-10(15)12-6-9-13-2/h3-9H2,1-2H3,(H2,11,12,15). The van der Waals surface area contributed by atoms with Crippen molar-refractivity contribution in [2.45, 2.75) is 19.8 Å². The Morgan fingerprint density at radius 2 is 1.87 bits per heavy atom. The molecular formula is C10H22N2O2S. The van der Waals surface area contributed by atoms with Crippen molar-refractivity contribution in [3.05, 3.63) is 0 Å². The smallest absolute Gasteiger partial charge is 0.166 e. The lowest BCUT2D eigenvalue weighted by Gasteiger charge is -2.09. The monoisotopic (exact) mass is 234 g/mol. The maximum atomic E-state index is 5.34. The topological polar surface area (TPSA) is 42.5 Å². The summed E-state index contributed by atoms with van der Waals surface area (Å²) in [7, 11) is 1.67. The molecule has 0 amide bonds. The maximum absolute atomic E-state index is 5.34. The molecule has 0 fully saturated rings. The van der Waals surface area contributed by atoms with Gasteiger partial charge in [-0.15, -0.1) is 0 Å². The van der Waals surface area contributed by atoms with Crippen molar-refractivity contribution < 1.29 is 9.47 Å². The third-order valence-electron chi connectivity index (χ3n) is 1.69. The summed E-state index contributed by atoms with van der Waals surface area (Å²) in [6.45, 7) is 6.00. The first-order valence-electron chi connectivity index (χ1n) is 5.39. The Bertz CT molecular complexity index is 156. The quantitative estimate of drug-likeness (QED) is 0.458. The normalized spacial score (nSPS) is 10.0. The molecule has 90 valence electrons. The zero-order valence-electron chi connectivity index (χ0n) is 9.67. The summed E-state index contributed by atoms with van der Waals surface area (Å²) >= 11 is 5.05. The minimum atomic E-state index is 0.668. The number of methoxy groups -OCH3 is 1. The van der Waals surface area contributed by atoms with E-state index in [1.165, 1.54) is 0 Å². The van der Waals surface area contributed by atoms with E-state index >= 15 is 0 Å². The first-order valence-corrected chi connectivity index (χ1v) is 5.80. The molecule has 0 aromatic carbocycles. The number of thiocarbonyl (C=S) groups is 1. The Morgan fingerprint density at radius 3 is 2.53 bits per heavy atom. The summed E-state index contributed by atoms with van der Waals surface area (Å²) in [5, 5.41) is 6.83. The molecule has 4 nitrogen and oxygen atoms in total. The predicted molar refractivity (Wildman–Crippen MR) is 66.2 cm³/mol. The summed E-state index contributed by atoms with van der Waals surface area (Å²) in [6, 6.07) is 0. The van der Waals surface area contributed by atoms with Crippen LogP contribution in [0.2, 0.25) is 0 Å². The second-order valence-electron chi connectivity index (χ2n) is 3.14. The van der Waals surface area contributed by atoms with E-state index < -0.39 is 0 Å². The molecule has 5 heteroatoms. The van der Waals surface area contributed by atoms with Gasteiger partial charge in [0, 0.05) is 33.4 Å². The zero-order chi connectivity index (χ0) is 11.4. The van der Waals surface area contributed by atoms with Crippen LogP contribution in [0.15, 0.2) is 0 Å². The van der Waals surface area contributed by atoms with Crippen molar-refractivity contribution >= 4 is 17.3 Å². The number of hydrogen-bond donors (Lipinski definition) is 2. The molecule has 0 unspecified atom stereocenters. The molecule has 0 aromatic rings. The van der Waals surface area contributed by atoms with Gasteiger partial charge in [0.05, 0.1) is 6.61 Å². The Balaban J connectivity index is 3.10. The van der Waals surface area contributed by atoms with Crippen LogP contribution >= 0.6 is 12.2 Å². The number of nitrogens with one attached hydrogen (secondary N) is 2. The summed E-state index contributed by atoms with van der Waals surface area (Å²) in [5.41, 5.74) is 0. The molecular weight excluding hydrogens is 212 g/mol. The van der Waals surface area contributed by atoms with Gasteiger partial charge in [0.1, 0.15) is 0 Å². The van der Waals surface area contributed by atoms with Crippen LogP contribution < -0.4 is 10.6 Å². The van der Waals surface area contributed by atoms with Gasteiger partial charge in [-0.25, -0.2) is 0 Å². The molecule has 0 aliphatic carbocycles. The molecule has 0 saturated carbocycles. The van der Waals surface area contributed by atoms with Crippen LogP contribution in [-0.4, -0.2) is 45.1 Å². The molecule has 0 spiro atoms. The Morgan fingerprint density at radius 1 is 1.13 bits per heavy atom. The van der Waals surface area contributed by atoms with E-state index in [0.717, 1.165) is 39.1 Å². The van der Waals surface area contributed by atoms with E-state index in [1.807, 2.05) is 0 Å². The highest BCUT2D eigenvalue weighted by molar-refractivity contribution is 7.80. The fraction of sp³-hybridized carbons (Fsp3) is 0.900. The summed E-state index contributed by atoms with van der Waals surface area (Å²) in [5.74, 6) is 0. The van der Waals surface area contributed by atoms with E-state index in [-0.39, 0.29) is 0 Å². The Labute approximate surface area is 97.7 Å². The van der Waals surface area contributed by atoms with Crippen molar-refractivity contribution in [2.75, 3.05) is 40.0 Å². The van der Waals surface area contributed by atoms with E-state index in [9.17, 15) is 0 Å². The molecule has 0 atom stereocenters. The van der Waals surface area contributed by atoms with Crippen molar-refractivity contribution in [1.29, 1.82) is 0 Å². The van der Waals surface area contributed by atoms with Gasteiger partial charge in [-0.2, -0.15) is 0 Å². The van der Waals surface area contributed by atoms with E-state index in [1.54, 1.807) is 7.11 Å². The van der Waals surface area contributed by atoms with Gasteiger partial charge >= 0.3 is 0 Å². The van der Waals surface area contributed by atoms with Crippen LogP contribution in [0.25, 0.3) is 0 Å². The van der Waals surface area contributed by atoms with Crippen molar-refractivity contribution in [1.82, 2.24) is 10.6 Å². The van der Waals surface area contributed by atoms with Crippen LogP contribution in [0.5, 0.6) is 0 Å². The average molecular weight is 234 g/mol. The average Bonchev–Trinajstić information content (AvgIpc) is 2.23. The number of rotatable bonds is 9. The number of hydrogen-bond acceptors (Lipinski definition) is 3. The molecule has 0 heterocycles. The second kappa shape index (κ2) is 11.7. The van der Waals surface area contributed by atoms with Crippen LogP contribution in [-0.2, 0) is 9.47 Å².